The van der Waals surface area contributed by atoms with Crippen molar-refractivity contribution >= 4 is 40.7 Å². The first kappa shape index (κ1) is 18.3. The third-order valence-electron chi connectivity index (χ3n) is 3.44. The Balaban J connectivity index is 1.97. The van der Waals surface area contributed by atoms with Crippen LogP contribution in [0.25, 0.3) is 0 Å². The lowest BCUT2D eigenvalue weighted by atomic mass is 10.0. The van der Waals surface area contributed by atoms with E-state index in [4.69, 9.17) is 23.2 Å². The van der Waals surface area contributed by atoms with Gasteiger partial charge in [0.2, 0.25) is 5.91 Å². The summed E-state index contributed by atoms with van der Waals surface area (Å²) in [5, 5.41) is 6.05. The molecule has 0 heterocycles. The van der Waals surface area contributed by atoms with Crippen LogP contribution in [0.3, 0.4) is 0 Å². The molecule has 0 aliphatic carbocycles. The minimum absolute atomic E-state index is 0.149. The van der Waals surface area contributed by atoms with Crippen LogP contribution in [0.5, 0.6) is 0 Å². The van der Waals surface area contributed by atoms with Crippen LogP contribution in [0.1, 0.15) is 35.7 Å². The number of para-hydroxylation sites is 1. The van der Waals surface area contributed by atoms with E-state index in [1.807, 2.05) is 24.3 Å². The second-order valence-electron chi connectivity index (χ2n) is 5.60. The number of benzene rings is 2. The molecule has 0 spiro atoms. The summed E-state index contributed by atoms with van der Waals surface area (Å²) in [6.07, 6.45) is 0. The predicted molar refractivity (Wildman–Crippen MR) is 98.0 cm³/mol. The maximum absolute atomic E-state index is 12.1. The monoisotopic (exact) mass is 364 g/mol. The van der Waals surface area contributed by atoms with E-state index in [1.54, 1.807) is 6.07 Å². The van der Waals surface area contributed by atoms with Crippen LogP contribution < -0.4 is 10.6 Å². The lowest BCUT2D eigenvalue weighted by Crippen LogP contribution is -2.33. The van der Waals surface area contributed by atoms with E-state index in [1.165, 1.54) is 12.1 Å². The smallest absolute Gasteiger partial charge is 0.253 e. The summed E-state index contributed by atoms with van der Waals surface area (Å²) < 4.78 is 0. The quantitative estimate of drug-likeness (QED) is 0.821. The highest BCUT2D eigenvalue weighted by Crippen LogP contribution is 2.23. The van der Waals surface area contributed by atoms with E-state index in [0.717, 1.165) is 11.3 Å². The van der Waals surface area contributed by atoms with Crippen molar-refractivity contribution in [3.63, 3.8) is 0 Å². The molecule has 0 radical (unpaired) electrons. The van der Waals surface area contributed by atoms with Gasteiger partial charge in [-0.05, 0) is 35.7 Å². The Morgan fingerprint density at radius 1 is 1.08 bits per heavy atom. The highest BCUT2D eigenvalue weighted by Gasteiger charge is 2.13. The van der Waals surface area contributed by atoms with Crippen LogP contribution in [-0.2, 0) is 4.79 Å². The Bertz CT molecular complexity index is 760. The van der Waals surface area contributed by atoms with Gasteiger partial charge in [0, 0.05) is 10.7 Å². The number of carbonyl (C=O) groups excluding carboxylic acids is 2. The van der Waals surface area contributed by atoms with Gasteiger partial charge < -0.3 is 10.6 Å². The molecular formula is C18H18Cl2N2O2. The van der Waals surface area contributed by atoms with Crippen LogP contribution in [0.4, 0.5) is 5.69 Å². The molecule has 0 saturated carbocycles. The Hall–Kier alpha value is -2.04. The number of hydrogen-bond donors (Lipinski definition) is 2. The average Bonchev–Trinajstić information content (AvgIpc) is 2.53. The molecule has 2 aromatic carbocycles. The summed E-state index contributed by atoms with van der Waals surface area (Å²) in [6.45, 7) is 3.95. The fraction of sp³-hybridized carbons (Fsp3) is 0.222. The second-order valence-corrected chi connectivity index (χ2v) is 6.44. The standard InChI is InChI=1S/C18H18Cl2N2O2/c1-11(2)13-5-3-4-6-16(13)22-17(23)10-21-18(24)14-8-7-12(19)9-15(14)20/h3-9,11H,10H2,1-2H3,(H,21,24)(H,22,23). The first-order chi connectivity index (χ1) is 11.4. The van der Waals surface area contributed by atoms with E-state index < -0.39 is 5.91 Å². The molecule has 0 saturated heterocycles. The normalized spacial score (nSPS) is 10.5. The van der Waals surface area contributed by atoms with Crippen molar-refractivity contribution < 1.29 is 9.59 Å². The summed E-state index contributed by atoms with van der Waals surface area (Å²) >= 11 is 11.8. The number of amides is 2. The molecule has 0 atom stereocenters. The maximum atomic E-state index is 12.1. The van der Waals surface area contributed by atoms with Crippen LogP contribution in [0.15, 0.2) is 42.5 Å². The number of halogens is 2. The van der Waals surface area contributed by atoms with Crippen molar-refractivity contribution in [3.8, 4) is 0 Å². The Labute approximate surface area is 151 Å². The largest absolute Gasteiger partial charge is 0.343 e. The van der Waals surface area contributed by atoms with Crippen LogP contribution in [0.2, 0.25) is 10.0 Å². The third kappa shape index (κ3) is 4.73. The van der Waals surface area contributed by atoms with Gasteiger partial charge in [0.1, 0.15) is 0 Å². The lowest BCUT2D eigenvalue weighted by Gasteiger charge is -2.14. The van der Waals surface area contributed by atoms with Gasteiger partial charge in [-0.3, -0.25) is 9.59 Å². The van der Waals surface area contributed by atoms with Gasteiger partial charge in [0.15, 0.2) is 0 Å². The minimum Gasteiger partial charge on any atom is -0.343 e. The van der Waals surface area contributed by atoms with E-state index in [-0.39, 0.29) is 29.0 Å². The number of anilines is 1. The first-order valence-electron chi connectivity index (χ1n) is 7.50. The van der Waals surface area contributed by atoms with Crippen molar-refractivity contribution in [2.75, 3.05) is 11.9 Å². The topological polar surface area (TPSA) is 58.2 Å². The molecule has 0 aliphatic rings. The molecule has 126 valence electrons. The molecule has 0 aliphatic heterocycles. The molecule has 0 unspecified atom stereocenters. The summed E-state index contributed by atoms with van der Waals surface area (Å²) in [7, 11) is 0. The molecule has 2 amide bonds. The first-order valence-corrected chi connectivity index (χ1v) is 8.26. The second kappa shape index (κ2) is 8.18. The molecule has 2 aromatic rings. The van der Waals surface area contributed by atoms with Crippen molar-refractivity contribution in [2.45, 2.75) is 19.8 Å². The van der Waals surface area contributed by atoms with Gasteiger partial charge in [-0.2, -0.15) is 0 Å². The van der Waals surface area contributed by atoms with E-state index in [2.05, 4.69) is 24.5 Å². The average molecular weight is 365 g/mol. The van der Waals surface area contributed by atoms with Gasteiger partial charge in [-0.1, -0.05) is 55.2 Å². The third-order valence-corrected chi connectivity index (χ3v) is 3.99. The molecule has 6 heteroatoms. The van der Waals surface area contributed by atoms with Gasteiger partial charge in [-0.15, -0.1) is 0 Å². The van der Waals surface area contributed by atoms with Gasteiger partial charge in [0.05, 0.1) is 17.1 Å². The molecular weight excluding hydrogens is 347 g/mol. The molecule has 0 fully saturated rings. The fourth-order valence-electron chi connectivity index (χ4n) is 2.24. The van der Waals surface area contributed by atoms with E-state index in [0.29, 0.717) is 5.02 Å². The fourth-order valence-corrected chi connectivity index (χ4v) is 2.73. The van der Waals surface area contributed by atoms with Gasteiger partial charge >= 0.3 is 0 Å². The van der Waals surface area contributed by atoms with Crippen molar-refractivity contribution in [3.05, 3.63) is 63.6 Å². The minimum atomic E-state index is -0.427. The van der Waals surface area contributed by atoms with Gasteiger partial charge in [-0.25, -0.2) is 0 Å². The van der Waals surface area contributed by atoms with Crippen LogP contribution >= 0.6 is 23.2 Å². The van der Waals surface area contributed by atoms with E-state index in [9.17, 15) is 9.59 Å². The SMILES string of the molecule is CC(C)c1ccccc1NC(=O)CNC(=O)c1ccc(Cl)cc1Cl. The highest BCUT2D eigenvalue weighted by atomic mass is 35.5. The zero-order valence-electron chi connectivity index (χ0n) is 13.4. The molecule has 0 aromatic heterocycles. The molecule has 2 N–H and O–H groups in total. The zero-order valence-corrected chi connectivity index (χ0v) is 14.9. The van der Waals surface area contributed by atoms with Gasteiger partial charge in [0.25, 0.3) is 5.91 Å². The Morgan fingerprint density at radius 2 is 1.79 bits per heavy atom. The Morgan fingerprint density at radius 3 is 2.46 bits per heavy atom. The molecule has 24 heavy (non-hydrogen) atoms. The number of rotatable bonds is 5. The zero-order chi connectivity index (χ0) is 17.7. The summed E-state index contributed by atoms with van der Waals surface area (Å²) in [4.78, 5) is 24.2. The number of carbonyl (C=O) groups is 2. The summed E-state index contributed by atoms with van der Waals surface area (Å²) in [5.74, 6) is -0.450. The molecule has 2 rings (SSSR count). The summed E-state index contributed by atoms with van der Waals surface area (Å²) in [6, 6.07) is 12.2. The van der Waals surface area contributed by atoms with Crippen LogP contribution in [0, 0.1) is 0 Å². The van der Waals surface area contributed by atoms with Crippen molar-refractivity contribution in [2.24, 2.45) is 0 Å². The predicted octanol–water partition coefficient (Wildman–Crippen LogP) is 4.49. The van der Waals surface area contributed by atoms with Crippen molar-refractivity contribution in [1.29, 1.82) is 0 Å². The summed E-state index contributed by atoms with van der Waals surface area (Å²) in [5.41, 5.74) is 2.06. The molecule has 0 bridgehead atoms. The lowest BCUT2D eigenvalue weighted by molar-refractivity contribution is -0.115. The highest BCUT2D eigenvalue weighted by molar-refractivity contribution is 6.36. The number of hydrogen-bond acceptors (Lipinski definition) is 2. The van der Waals surface area contributed by atoms with Crippen LogP contribution in [-0.4, -0.2) is 18.4 Å². The molecule has 4 nitrogen and oxygen atoms in total. The van der Waals surface area contributed by atoms with E-state index >= 15 is 0 Å². The van der Waals surface area contributed by atoms with Crippen molar-refractivity contribution in [1.82, 2.24) is 5.32 Å². The maximum Gasteiger partial charge on any atom is 0.253 e. The Kier molecular flexibility index (Phi) is 6.23. The number of nitrogens with one attached hydrogen (secondary N) is 2.